The summed E-state index contributed by atoms with van der Waals surface area (Å²) in [5.41, 5.74) is 2.45. The number of nitrogens with one attached hydrogen (secondary N) is 1. The van der Waals surface area contributed by atoms with Crippen LogP contribution in [0.3, 0.4) is 0 Å². The molecule has 4 saturated carbocycles. The van der Waals surface area contributed by atoms with Gasteiger partial charge in [0, 0.05) is 24.5 Å². The van der Waals surface area contributed by atoms with Gasteiger partial charge in [-0.2, -0.15) is 0 Å². The van der Waals surface area contributed by atoms with Crippen molar-refractivity contribution in [1.29, 1.82) is 0 Å². The zero-order valence-corrected chi connectivity index (χ0v) is 25.8. The predicted octanol–water partition coefficient (Wildman–Crippen LogP) is 7.36. The molecule has 4 fully saturated rings. The molecule has 1 amide bonds. The van der Waals surface area contributed by atoms with E-state index in [2.05, 4.69) is 58.8 Å². The minimum absolute atomic E-state index is 0.00860. The number of carbonyl (C=O) groups excluding carboxylic acids is 2. The lowest BCUT2D eigenvalue weighted by Gasteiger charge is -2.72. The van der Waals surface area contributed by atoms with E-state index in [4.69, 9.17) is 0 Å². The number of aliphatic hydroxyl groups is 1. The van der Waals surface area contributed by atoms with Crippen molar-refractivity contribution in [3.63, 3.8) is 0 Å². The Morgan fingerprint density at radius 2 is 1.62 bits per heavy atom. The SMILES string of the molecule is CC(C)C1=C2[C@H]3CCC4[C@@]5(C)CC[C@H](O)C(C)(C)C5CC[C@@]4(C)[C@]3(C)CC[C@@]2(C(=O)Nc2ccncc2)CC1=O. The van der Waals surface area contributed by atoms with Crippen molar-refractivity contribution in [2.24, 2.45) is 50.7 Å². The minimum atomic E-state index is -0.745. The third-order valence-electron chi connectivity index (χ3n) is 13.8. The first kappa shape index (κ1) is 28.1. The Hall–Kier alpha value is -2.01. The first-order valence-electron chi connectivity index (χ1n) is 15.9. The number of hydrogen-bond donors (Lipinski definition) is 2. The fraction of sp³-hybridized carbons (Fsp3) is 0.743. The lowest BCUT2D eigenvalue weighted by Crippen LogP contribution is -2.66. The molecule has 218 valence electrons. The van der Waals surface area contributed by atoms with E-state index in [-0.39, 0.29) is 51.3 Å². The molecule has 2 unspecified atom stereocenters. The van der Waals surface area contributed by atoms with E-state index in [1.165, 1.54) is 5.57 Å². The van der Waals surface area contributed by atoms with Gasteiger partial charge in [0.25, 0.3) is 0 Å². The van der Waals surface area contributed by atoms with Gasteiger partial charge in [-0.25, -0.2) is 0 Å². The van der Waals surface area contributed by atoms with Gasteiger partial charge in [0.15, 0.2) is 5.78 Å². The first-order chi connectivity index (χ1) is 18.7. The number of amides is 1. The zero-order chi connectivity index (χ0) is 28.9. The second kappa shape index (κ2) is 8.99. The molecule has 0 spiro atoms. The molecule has 0 aliphatic heterocycles. The standard InChI is InChI=1S/C35H50N2O3/c1-21(2)28-24(38)20-35(30(40)37-22-12-18-36-19-13-22)17-16-33(6)23(29(28)35)8-9-26-32(5)14-11-27(39)31(3,4)25(32)10-15-34(26,33)7/h12-13,18-19,21,23,25-27,39H,8-11,14-17,20H2,1-7H3,(H,36,37,40)/t23-,25?,26?,27+,32+,33-,34-,35-/m1/s1. The van der Waals surface area contributed by atoms with Crippen molar-refractivity contribution in [2.45, 2.75) is 112 Å². The molecule has 5 aliphatic carbocycles. The number of pyridine rings is 1. The van der Waals surface area contributed by atoms with Gasteiger partial charge in [-0.1, -0.05) is 48.5 Å². The second-order valence-electron chi connectivity index (χ2n) is 15.8. The molecule has 1 heterocycles. The van der Waals surface area contributed by atoms with Crippen LogP contribution in [0, 0.1) is 50.7 Å². The molecule has 0 bridgehead atoms. The van der Waals surface area contributed by atoms with E-state index in [9.17, 15) is 14.7 Å². The van der Waals surface area contributed by atoms with Crippen LogP contribution in [0.5, 0.6) is 0 Å². The summed E-state index contributed by atoms with van der Waals surface area (Å²) in [6.45, 7) is 16.5. The van der Waals surface area contributed by atoms with Gasteiger partial charge in [-0.05, 0) is 120 Å². The Bertz CT molecular complexity index is 1250. The number of allylic oxidation sites excluding steroid dienone is 1. The Balaban J connectivity index is 1.42. The maximum absolute atomic E-state index is 14.2. The molecule has 6 rings (SSSR count). The Morgan fingerprint density at radius 3 is 2.30 bits per heavy atom. The lowest BCUT2D eigenvalue weighted by molar-refractivity contribution is -0.228. The summed E-state index contributed by atoms with van der Waals surface area (Å²) in [6.07, 6.45) is 11.7. The summed E-state index contributed by atoms with van der Waals surface area (Å²) in [5.74, 6) is 1.65. The first-order valence-corrected chi connectivity index (χ1v) is 15.9. The number of hydrogen-bond acceptors (Lipinski definition) is 4. The van der Waals surface area contributed by atoms with Gasteiger partial charge in [-0.15, -0.1) is 0 Å². The molecular formula is C35H50N2O3. The monoisotopic (exact) mass is 546 g/mol. The van der Waals surface area contributed by atoms with Gasteiger partial charge in [-0.3, -0.25) is 14.6 Å². The number of carbonyl (C=O) groups is 2. The molecule has 2 N–H and O–H groups in total. The van der Waals surface area contributed by atoms with Gasteiger partial charge >= 0.3 is 0 Å². The van der Waals surface area contributed by atoms with Crippen molar-refractivity contribution in [3.05, 3.63) is 35.7 Å². The second-order valence-corrected chi connectivity index (χ2v) is 15.8. The van der Waals surface area contributed by atoms with Crippen molar-refractivity contribution in [3.8, 4) is 0 Å². The van der Waals surface area contributed by atoms with Crippen molar-refractivity contribution < 1.29 is 14.7 Å². The maximum atomic E-state index is 14.2. The topological polar surface area (TPSA) is 79.3 Å². The van der Waals surface area contributed by atoms with Crippen LogP contribution in [0.15, 0.2) is 35.7 Å². The van der Waals surface area contributed by atoms with Gasteiger partial charge in [0.2, 0.25) is 5.91 Å². The zero-order valence-electron chi connectivity index (χ0n) is 25.8. The highest BCUT2D eigenvalue weighted by Gasteiger charge is 2.70. The number of aromatic nitrogens is 1. The number of aliphatic hydroxyl groups excluding tert-OH is 1. The van der Waals surface area contributed by atoms with Crippen molar-refractivity contribution in [2.75, 3.05) is 5.32 Å². The van der Waals surface area contributed by atoms with Crippen molar-refractivity contribution in [1.82, 2.24) is 4.98 Å². The van der Waals surface area contributed by atoms with Crippen LogP contribution in [0.4, 0.5) is 5.69 Å². The van der Waals surface area contributed by atoms with Gasteiger partial charge < -0.3 is 10.4 Å². The summed E-state index contributed by atoms with van der Waals surface area (Å²) in [5, 5.41) is 14.2. The fourth-order valence-electron chi connectivity index (χ4n) is 11.6. The van der Waals surface area contributed by atoms with Crippen LogP contribution in [-0.4, -0.2) is 27.9 Å². The smallest absolute Gasteiger partial charge is 0.235 e. The van der Waals surface area contributed by atoms with E-state index in [1.54, 1.807) is 12.4 Å². The molecule has 8 atom stereocenters. The molecule has 0 saturated heterocycles. The molecular weight excluding hydrogens is 496 g/mol. The van der Waals surface area contributed by atoms with Crippen LogP contribution in [-0.2, 0) is 9.59 Å². The van der Waals surface area contributed by atoms with E-state index in [0.717, 1.165) is 62.6 Å². The van der Waals surface area contributed by atoms with Gasteiger partial charge in [0.1, 0.15) is 0 Å². The van der Waals surface area contributed by atoms with E-state index in [1.807, 2.05) is 12.1 Å². The molecule has 5 nitrogen and oxygen atoms in total. The van der Waals surface area contributed by atoms with Crippen LogP contribution < -0.4 is 5.32 Å². The van der Waals surface area contributed by atoms with Crippen LogP contribution in [0.1, 0.15) is 106 Å². The Morgan fingerprint density at radius 1 is 0.925 bits per heavy atom. The summed E-state index contributed by atoms with van der Waals surface area (Å²) in [7, 11) is 0. The van der Waals surface area contributed by atoms with E-state index >= 15 is 0 Å². The number of Topliss-reactive ketones (excluding diaryl/α,β-unsaturated/α-hetero) is 1. The summed E-state index contributed by atoms with van der Waals surface area (Å²) in [4.78, 5) is 32.1. The fourth-order valence-corrected chi connectivity index (χ4v) is 11.6. The molecule has 0 aromatic carbocycles. The number of rotatable bonds is 3. The van der Waals surface area contributed by atoms with E-state index < -0.39 is 5.41 Å². The Labute approximate surface area is 241 Å². The molecule has 1 aromatic rings. The Kier molecular flexibility index (Phi) is 6.32. The molecule has 40 heavy (non-hydrogen) atoms. The normalized spacial score (nSPS) is 44.0. The average molecular weight is 547 g/mol. The highest BCUT2D eigenvalue weighted by molar-refractivity contribution is 6.09. The lowest BCUT2D eigenvalue weighted by atomic mass is 9.33. The van der Waals surface area contributed by atoms with Crippen LogP contribution in [0.2, 0.25) is 0 Å². The third-order valence-corrected chi connectivity index (χ3v) is 13.8. The highest BCUT2D eigenvalue weighted by Crippen LogP contribution is 2.76. The highest BCUT2D eigenvalue weighted by atomic mass is 16.3. The quantitative estimate of drug-likeness (QED) is 0.415. The summed E-state index contributed by atoms with van der Waals surface area (Å²) < 4.78 is 0. The average Bonchev–Trinajstić information content (AvgIpc) is 3.21. The summed E-state index contributed by atoms with van der Waals surface area (Å²) >= 11 is 0. The molecule has 1 aromatic heterocycles. The molecule has 5 aliphatic rings. The van der Waals surface area contributed by atoms with Gasteiger partial charge in [0.05, 0.1) is 11.5 Å². The number of fused-ring (bicyclic) bond motifs is 7. The number of anilines is 1. The van der Waals surface area contributed by atoms with Crippen LogP contribution in [0.25, 0.3) is 0 Å². The third kappa shape index (κ3) is 3.51. The number of ketones is 1. The van der Waals surface area contributed by atoms with Crippen LogP contribution >= 0.6 is 0 Å². The van der Waals surface area contributed by atoms with Crippen molar-refractivity contribution >= 4 is 17.4 Å². The largest absolute Gasteiger partial charge is 0.393 e. The minimum Gasteiger partial charge on any atom is -0.393 e. The van der Waals surface area contributed by atoms with E-state index in [0.29, 0.717) is 18.3 Å². The summed E-state index contributed by atoms with van der Waals surface area (Å²) in [6, 6.07) is 3.66. The molecule has 5 heteroatoms. The number of nitrogens with zero attached hydrogens (tertiary/aromatic N) is 1. The molecule has 0 radical (unpaired) electrons. The predicted molar refractivity (Wildman–Crippen MR) is 158 cm³/mol. The maximum Gasteiger partial charge on any atom is 0.235 e.